The summed E-state index contributed by atoms with van der Waals surface area (Å²) in [4.78, 5) is 46.7. The lowest BCUT2D eigenvalue weighted by Gasteiger charge is -2.24. The van der Waals surface area contributed by atoms with Crippen LogP contribution < -0.4 is 10.7 Å². The SMILES string of the molecule is CCC(C)(NC(=O)c1nn(-c2ccccc2[N+](=O)[O-])c(C)cc1=O)C(=O)O. The number of benzene rings is 1. The average molecular weight is 374 g/mol. The lowest BCUT2D eigenvalue weighted by molar-refractivity contribution is -0.384. The quantitative estimate of drug-likeness (QED) is 0.575. The summed E-state index contributed by atoms with van der Waals surface area (Å²) in [5.74, 6) is -2.23. The number of carbonyl (C=O) groups excluding carboxylic acids is 1. The van der Waals surface area contributed by atoms with Gasteiger partial charge in [0.2, 0.25) is 5.43 Å². The minimum atomic E-state index is -1.58. The second kappa shape index (κ2) is 7.36. The molecular weight excluding hydrogens is 356 g/mol. The van der Waals surface area contributed by atoms with Gasteiger partial charge in [-0.1, -0.05) is 19.1 Å². The first-order valence-corrected chi connectivity index (χ1v) is 8.01. The van der Waals surface area contributed by atoms with Gasteiger partial charge < -0.3 is 10.4 Å². The third-order valence-electron chi connectivity index (χ3n) is 4.20. The molecule has 10 heteroatoms. The Labute approximate surface area is 153 Å². The summed E-state index contributed by atoms with van der Waals surface area (Å²) in [6.45, 7) is 4.39. The molecule has 0 bridgehead atoms. The van der Waals surface area contributed by atoms with Crippen molar-refractivity contribution in [1.82, 2.24) is 15.1 Å². The van der Waals surface area contributed by atoms with E-state index in [1.807, 2.05) is 0 Å². The zero-order chi connectivity index (χ0) is 20.4. The van der Waals surface area contributed by atoms with Crippen LogP contribution in [0.5, 0.6) is 0 Å². The van der Waals surface area contributed by atoms with E-state index in [-0.39, 0.29) is 23.5 Å². The van der Waals surface area contributed by atoms with Crippen LogP contribution in [0.2, 0.25) is 0 Å². The summed E-state index contributed by atoms with van der Waals surface area (Å²) in [6.07, 6.45) is 0.0816. The number of carboxylic acid groups (broad SMARTS) is 1. The van der Waals surface area contributed by atoms with Crippen LogP contribution in [0.3, 0.4) is 0 Å². The Bertz CT molecular complexity index is 984. The predicted molar refractivity (Wildman–Crippen MR) is 95.0 cm³/mol. The number of amides is 1. The molecule has 0 radical (unpaired) electrons. The smallest absolute Gasteiger partial charge is 0.329 e. The van der Waals surface area contributed by atoms with Crippen LogP contribution in [0, 0.1) is 17.0 Å². The van der Waals surface area contributed by atoms with Crippen molar-refractivity contribution in [1.29, 1.82) is 0 Å². The fourth-order valence-corrected chi connectivity index (χ4v) is 2.35. The highest BCUT2D eigenvalue weighted by Gasteiger charge is 2.34. The molecule has 2 rings (SSSR count). The number of nitro benzene ring substituents is 1. The summed E-state index contributed by atoms with van der Waals surface area (Å²) in [6, 6.07) is 6.85. The number of nitrogens with zero attached hydrogens (tertiary/aromatic N) is 3. The maximum absolute atomic E-state index is 12.5. The van der Waals surface area contributed by atoms with Crippen LogP contribution in [0.25, 0.3) is 5.69 Å². The lowest BCUT2D eigenvalue weighted by atomic mass is 9.99. The second-order valence-electron chi connectivity index (χ2n) is 6.10. The van der Waals surface area contributed by atoms with Gasteiger partial charge in [-0.2, -0.15) is 5.10 Å². The lowest BCUT2D eigenvalue weighted by Crippen LogP contribution is -2.52. The van der Waals surface area contributed by atoms with Gasteiger partial charge >= 0.3 is 5.97 Å². The molecule has 0 spiro atoms. The predicted octanol–water partition coefficient (Wildman–Crippen LogP) is 1.43. The molecule has 142 valence electrons. The van der Waals surface area contributed by atoms with Gasteiger partial charge in [0.15, 0.2) is 5.69 Å². The van der Waals surface area contributed by atoms with Crippen LogP contribution in [-0.4, -0.2) is 37.2 Å². The molecule has 27 heavy (non-hydrogen) atoms. The maximum Gasteiger partial charge on any atom is 0.329 e. The van der Waals surface area contributed by atoms with E-state index in [4.69, 9.17) is 0 Å². The highest BCUT2D eigenvalue weighted by atomic mass is 16.6. The van der Waals surface area contributed by atoms with Crippen molar-refractivity contribution in [3.8, 4) is 5.69 Å². The van der Waals surface area contributed by atoms with Crippen molar-refractivity contribution in [2.75, 3.05) is 0 Å². The molecule has 0 aliphatic heterocycles. The van der Waals surface area contributed by atoms with E-state index in [0.29, 0.717) is 0 Å². The third-order valence-corrected chi connectivity index (χ3v) is 4.20. The Morgan fingerprint density at radius 2 is 2.00 bits per heavy atom. The van der Waals surface area contributed by atoms with E-state index in [1.54, 1.807) is 13.0 Å². The van der Waals surface area contributed by atoms with Gasteiger partial charge in [-0.05, 0) is 26.3 Å². The fraction of sp³-hybridized carbons (Fsp3) is 0.294. The summed E-state index contributed by atoms with van der Waals surface area (Å²) in [5.41, 5.74) is -2.76. The monoisotopic (exact) mass is 374 g/mol. The van der Waals surface area contributed by atoms with E-state index in [2.05, 4.69) is 10.4 Å². The van der Waals surface area contributed by atoms with Gasteiger partial charge in [0, 0.05) is 17.8 Å². The molecule has 0 aliphatic carbocycles. The molecule has 1 atom stereocenters. The molecule has 10 nitrogen and oxygen atoms in total. The van der Waals surface area contributed by atoms with Crippen LogP contribution >= 0.6 is 0 Å². The van der Waals surface area contributed by atoms with Crippen molar-refractivity contribution in [3.05, 3.63) is 62.1 Å². The fourth-order valence-electron chi connectivity index (χ4n) is 2.35. The molecular formula is C17H18N4O6. The number of carboxylic acids is 1. The molecule has 1 unspecified atom stereocenters. The number of rotatable bonds is 6. The Balaban J connectivity index is 2.58. The number of nitrogens with one attached hydrogen (secondary N) is 1. The van der Waals surface area contributed by atoms with Crippen LogP contribution in [0.1, 0.15) is 36.5 Å². The number of para-hydroxylation sites is 2. The summed E-state index contributed by atoms with van der Waals surface area (Å²) < 4.78 is 1.11. The largest absolute Gasteiger partial charge is 0.480 e. The number of aromatic nitrogens is 2. The van der Waals surface area contributed by atoms with Crippen LogP contribution in [0.4, 0.5) is 5.69 Å². The Hall–Kier alpha value is -3.56. The van der Waals surface area contributed by atoms with Crippen molar-refractivity contribution in [3.63, 3.8) is 0 Å². The van der Waals surface area contributed by atoms with Crippen molar-refractivity contribution < 1.29 is 19.6 Å². The van der Waals surface area contributed by atoms with Crippen molar-refractivity contribution in [2.24, 2.45) is 0 Å². The van der Waals surface area contributed by atoms with E-state index >= 15 is 0 Å². The van der Waals surface area contributed by atoms with E-state index in [1.165, 1.54) is 32.0 Å². The van der Waals surface area contributed by atoms with E-state index in [0.717, 1.165) is 10.7 Å². The number of nitro groups is 1. The van der Waals surface area contributed by atoms with Crippen LogP contribution in [0.15, 0.2) is 35.1 Å². The molecule has 2 aromatic rings. The minimum Gasteiger partial charge on any atom is -0.480 e. The van der Waals surface area contributed by atoms with Crippen molar-refractivity contribution >= 4 is 17.6 Å². The Morgan fingerprint density at radius 3 is 2.56 bits per heavy atom. The maximum atomic E-state index is 12.5. The number of hydrogen-bond acceptors (Lipinski definition) is 6. The summed E-state index contributed by atoms with van der Waals surface area (Å²) in [5, 5.41) is 26.8. The highest BCUT2D eigenvalue weighted by Crippen LogP contribution is 2.22. The molecule has 1 amide bonds. The first kappa shape index (κ1) is 19.8. The Morgan fingerprint density at radius 1 is 1.37 bits per heavy atom. The molecule has 1 aromatic carbocycles. The minimum absolute atomic E-state index is 0.0746. The summed E-state index contributed by atoms with van der Waals surface area (Å²) >= 11 is 0. The van der Waals surface area contributed by atoms with Gasteiger partial charge in [-0.3, -0.25) is 19.7 Å². The normalized spacial score (nSPS) is 12.9. The van der Waals surface area contributed by atoms with Gasteiger partial charge in [-0.15, -0.1) is 0 Å². The average Bonchev–Trinajstić information content (AvgIpc) is 2.61. The molecule has 0 aliphatic rings. The number of aryl methyl sites for hydroxylation is 1. The number of aliphatic carboxylic acids is 1. The van der Waals surface area contributed by atoms with Crippen molar-refractivity contribution in [2.45, 2.75) is 32.7 Å². The van der Waals surface area contributed by atoms with Gasteiger partial charge in [0.1, 0.15) is 11.2 Å². The molecule has 1 heterocycles. The molecule has 1 aromatic heterocycles. The van der Waals surface area contributed by atoms with Gasteiger partial charge in [0.25, 0.3) is 11.6 Å². The first-order valence-electron chi connectivity index (χ1n) is 8.01. The number of carbonyl (C=O) groups is 2. The first-order chi connectivity index (χ1) is 12.6. The van der Waals surface area contributed by atoms with Crippen LogP contribution in [-0.2, 0) is 4.79 Å². The molecule has 0 saturated carbocycles. The van der Waals surface area contributed by atoms with Gasteiger partial charge in [0.05, 0.1) is 4.92 Å². The zero-order valence-electron chi connectivity index (χ0n) is 14.9. The third kappa shape index (κ3) is 3.84. The summed E-state index contributed by atoms with van der Waals surface area (Å²) in [7, 11) is 0. The standard InChI is InChI=1S/C17H18N4O6/c1-4-17(3,16(24)25)18-15(23)14-13(22)9-10(2)20(19-14)11-7-5-6-8-12(11)21(26)27/h5-9H,4H2,1-3H3,(H,18,23)(H,24,25). The second-order valence-corrected chi connectivity index (χ2v) is 6.10. The van der Waals surface area contributed by atoms with E-state index in [9.17, 15) is 29.6 Å². The topological polar surface area (TPSA) is 144 Å². The molecule has 0 saturated heterocycles. The number of hydrogen-bond donors (Lipinski definition) is 2. The van der Waals surface area contributed by atoms with E-state index < -0.39 is 33.5 Å². The zero-order valence-corrected chi connectivity index (χ0v) is 14.9. The molecule has 0 fully saturated rings. The highest BCUT2D eigenvalue weighted by molar-refractivity contribution is 5.96. The molecule has 2 N–H and O–H groups in total. The Kier molecular flexibility index (Phi) is 5.39. The van der Waals surface area contributed by atoms with Gasteiger partial charge in [-0.25, -0.2) is 9.48 Å².